The van der Waals surface area contributed by atoms with Crippen LogP contribution in [-0.4, -0.2) is 10.1 Å². The first kappa shape index (κ1) is 15.2. The Morgan fingerprint density at radius 2 is 2.10 bits per heavy atom. The molecule has 1 aromatic heterocycles. The van der Waals surface area contributed by atoms with Crippen LogP contribution in [0.5, 0.6) is 0 Å². The van der Waals surface area contributed by atoms with Crippen LogP contribution >= 0.6 is 34.2 Å². The van der Waals surface area contributed by atoms with E-state index < -0.39 is 5.54 Å². The third kappa shape index (κ3) is 3.10. The molecule has 0 aliphatic heterocycles. The second-order valence-electron chi connectivity index (χ2n) is 5.89. The lowest BCUT2D eigenvalue weighted by Gasteiger charge is -2.33. The number of nitrogens with two attached hydrogens (primary N) is 1. The minimum atomic E-state index is -0.457. The Morgan fingerprint density at radius 3 is 2.76 bits per heavy atom. The minimum Gasteiger partial charge on any atom is -0.334 e. The van der Waals surface area contributed by atoms with Crippen molar-refractivity contribution < 1.29 is 4.52 Å². The Kier molecular flexibility index (Phi) is 4.25. The average Bonchev–Trinajstić information content (AvgIpc) is 2.96. The summed E-state index contributed by atoms with van der Waals surface area (Å²) >= 11 is 8.33. The van der Waals surface area contributed by atoms with Gasteiger partial charge in [0.25, 0.3) is 5.89 Å². The fraction of sp³-hybridized carbons (Fsp3) is 0.467. The third-order valence-corrected chi connectivity index (χ3v) is 5.78. The molecule has 112 valence electrons. The largest absolute Gasteiger partial charge is 0.334 e. The van der Waals surface area contributed by atoms with Crippen LogP contribution in [0.4, 0.5) is 0 Å². The van der Waals surface area contributed by atoms with E-state index in [0.717, 1.165) is 40.7 Å². The summed E-state index contributed by atoms with van der Waals surface area (Å²) < 4.78 is 6.38. The number of nitrogens with zero attached hydrogens (tertiary/aromatic N) is 2. The van der Waals surface area contributed by atoms with Crippen molar-refractivity contribution in [3.05, 3.63) is 32.6 Å². The number of benzene rings is 1. The van der Waals surface area contributed by atoms with Crippen molar-refractivity contribution >= 4 is 34.2 Å². The van der Waals surface area contributed by atoms with E-state index in [4.69, 9.17) is 21.9 Å². The maximum Gasteiger partial charge on any atom is 0.258 e. The van der Waals surface area contributed by atoms with E-state index in [-0.39, 0.29) is 0 Å². The number of hydrogen-bond donors (Lipinski definition) is 1. The number of halogens is 2. The van der Waals surface area contributed by atoms with Crippen molar-refractivity contribution in [2.45, 2.75) is 38.1 Å². The van der Waals surface area contributed by atoms with Gasteiger partial charge in [-0.3, -0.25) is 0 Å². The van der Waals surface area contributed by atoms with Gasteiger partial charge in [-0.1, -0.05) is 23.7 Å². The van der Waals surface area contributed by atoms with E-state index in [1.807, 2.05) is 18.2 Å². The van der Waals surface area contributed by atoms with E-state index in [1.54, 1.807) is 0 Å². The van der Waals surface area contributed by atoms with Gasteiger partial charge in [0.1, 0.15) is 0 Å². The third-order valence-electron chi connectivity index (χ3n) is 4.20. The van der Waals surface area contributed by atoms with E-state index >= 15 is 0 Å². The lowest BCUT2D eigenvalue weighted by Crippen LogP contribution is -2.41. The average molecular weight is 418 g/mol. The smallest absolute Gasteiger partial charge is 0.258 e. The molecular weight excluding hydrogens is 401 g/mol. The maximum absolute atomic E-state index is 6.48. The molecule has 6 heteroatoms. The molecule has 0 atom stereocenters. The van der Waals surface area contributed by atoms with Gasteiger partial charge in [0, 0.05) is 9.13 Å². The van der Waals surface area contributed by atoms with Crippen molar-refractivity contribution in [3.8, 4) is 11.5 Å². The summed E-state index contributed by atoms with van der Waals surface area (Å²) in [4.78, 5) is 4.51. The summed E-state index contributed by atoms with van der Waals surface area (Å²) in [6.07, 6.45) is 4.02. The summed E-state index contributed by atoms with van der Waals surface area (Å²) in [5.74, 6) is 1.81. The SMILES string of the molecule is CC1CCC(N)(c2noc(-c3ccc(I)c(Cl)c3)n2)CC1. The van der Waals surface area contributed by atoms with Gasteiger partial charge < -0.3 is 10.3 Å². The lowest BCUT2D eigenvalue weighted by atomic mass is 9.77. The summed E-state index contributed by atoms with van der Waals surface area (Å²) in [6, 6.07) is 5.70. The van der Waals surface area contributed by atoms with Crippen LogP contribution in [0.1, 0.15) is 38.4 Å². The van der Waals surface area contributed by atoms with Gasteiger partial charge in [0.05, 0.1) is 10.6 Å². The molecule has 0 spiro atoms. The molecule has 2 N–H and O–H groups in total. The predicted molar refractivity (Wildman–Crippen MR) is 91.0 cm³/mol. The Hall–Kier alpha value is -0.660. The van der Waals surface area contributed by atoms with E-state index in [9.17, 15) is 0 Å². The van der Waals surface area contributed by atoms with Gasteiger partial charge in [-0.05, 0) is 72.4 Å². The van der Waals surface area contributed by atoms with Crippen LogP contribution in [0.15, 0.2) is 22.7 Å². The second kappa shape index (κ2) is 5.85. The van der Waals surface area contributed by atoms with Crippen LogP contribution in [0.2, 0.25) is 5.02 Å². The Morgan fingerprint density at radius 1 is 1.38 bits per heavy atom. The fourth-order valence-electron chi connectivity index (χ4n) is 2.67. The normalized spacial score (nSPS) is 26.0. The van der Waals surface area contributed by atoms with Crippen LogP contribution in [-0.2, 0) is 5.54 Å². The quantitative estimate of drug-likeness (QED) is 0.738. The molecule has 1 fully saturated rings. The van der Waals surface area contributed by atoms with E-state index in [2.05, 4.69) is 39.7 Å². The molecule has 0 unspecified atom stereocenters. The summed E-state index contributed by atoms with van der Waals surface area (Å²) in [5.41, 5.74) is 6.84. The zero-order valence-corrected chi connectivity index (χ0v) is 14.7. The lowest BCUT2D eigenvalue weighted by molar-refractivity contribution is 0.230. The fourth-order valence-corrected chi connectivity index (χ4v) is 3.19. The highest BCUT2D eigenvalue weighted by atomic mass is 127. The molecule has 4 nitrogen and oxygen atoms in total. The summed E-state index contributed by atoms with van der Waals surface area (Å²) in [5, 5.41) is 4.79. The predicted octanol–water partition coefficient (Wildman–Crippen LogP) is 4.36. The number of hydrogen-bond acceptors (Lipinski definition) is 4. The van der Waals surface area contributed by atoms with Gasteiger partial charge in [-0.15, -0.1) is 0 Å². The van der Waals surface area contributed by atoms with Crippen molar-refractivity contribution in [2.75, 3.05) is 0 Å². The molecule has 0 radical (unpaired) electrons. The van der Waals surface area contributed by atoms with Gasteiger partial charge >= 0.3 is 0 Å². The van der Waals surface area contributed by atoms with Gasteiger partial charge in [0.2, 0.25) is 0 Å². The molecule has 0 saturated heterocycles. The van der Waals surface area contributed by atoms with Crippen LogP contribution in [0.3, 0.4) is 0 Å². The molecule has 1 aliphatic rings. The van der Waals surface area contributed by atoms with Crippen molar-refractivity contribution in [3.63, 3.8) is 0 Å². The molecule has 1 saturated carbocycles. The molecule has 0 bridgehead atoms. The first-order chi connectivity index (χ1) is 9.98. The summed E-state index contributed by atoms with van der Waals surface area (Å²) in [7, 11) is 0. The van der Waals surface area contributed by atoms with E-state index in [1.165, 1.54) is 0 Å². The first-order valence-electron chi connectivity index (χ1n) is 7.06. The topological polar surface area (TPSA) is 64.9 Å². The zero-order valence-electron chi connectivity index (χ0n) is 11.8. The van der Waals surface area contributed by atoms with Crippen molar-refractivity contribution in [1.29, 1.82) is 0 Å². The van der Waals surface area contributed by atoms with Crippen molar-refractivity contribution in [2.24, 2.45) is 11.7 Å². The maximum atomic E-state index is 6.48. The number of aromatic nitrogens is 2. The molecule has 1 heterocycles. The molecule has 1 aromatic carbocycles. The van der Waals surface area contributed by atoms with Crippen LogP contribution in [0, 0.1) is 9.49 Å². The number of rotatable bonds is 2. The highest BCUT2D eigenvalue weighted by Gasteiger charge is 2.36. The van der Waals surface area contributed by atoms with Crippen LogP contribution in [0.25, 0.3) is 11.5 Å². The minimum absolute atomic E-state index is 0.457. The van der Waals surface area contributed by atoms with Gasteiger partial charge in [-0.2, -0.15) is 4.98 Å². The van der Waals surface area contributed by atoms with Gasteiger partial charge in [-0.25, -0.2) is 0 Å². The van der Waals surface area contributed by atoms with Gasteiger partial charge in [0.15, 0.2) is 5.82 Å². The second-order valence-corrected chi connectivity index (χ2v) is 7.46. The molecule has 2 aromatic rings. The van der Waals surface area contributed by atoms with E-state index in [0.29, 0.717) is 16.7 Å². The molecule has 0 amide bonds. The molecular formula is C15H17ClIN3O. The molecule has 3 rings (SSSR count). The van der Waals surface area contributed by atoms with Crippen LogP contribution < -0.4 is 5.73 Å². The molecule has 21 heavy (non-hydrogen) atoms. The van der Waals surface area contributed by atoms with Crippen molar-refractivity contribution in [1.82, 2.24) is 10.1 Å². The zero-order chi connectivity index (χ0) is 15.0. The summed E-state index contributed by atoms with van der Waals surface area (Å²) in [6.45, 7) is 2.26. The Bertz CT molecular complexity index is 650. The molecule has 1 aliphatic carbocycles. The standard InChI is InChI=1S/C15H17ClIN3O/c1-9-4-6-15(18,7-5-9)14-19-13(21-20-14)10-2-3-12(17)11(16)8-10/h2-3,8-9H,4-7,18H2,1H3. The monoisotopic (exact) mass is 417 g/mol. The first-order valence-corrected chi connectivity index (χ1v) is 8.52. The Labute approximate surface area is 142 Å². The highest BCUT2D eigenvalue weighted by molar-refractivity contribution is 14.1. The Balaban J connectivity index is 1.87. The highest BCUT2D eigenvalue weighted by Crippen LogP contribution is 2.37.